The lowest BCUT2D eigenvalue weighted by molar-refractivity contribution is 0.419. The molecule has 0 fully saturated rings. The van der Waals surface area contributed by atoms with Crippen molar-refractivity contribution in [2.24, 2.45) is 5.41 Å². The minimum absolute atomic E-state index is 0.0379. The largest absolute Gasteiger partial charge is 0.291 e. The van der Waals surface area contributed by atoms with Crippen molar-refractivity contribution in [1.29, 1.82) is 0 Å². The fourth-order valence-corrected chi connectivity index (χ4v) is 7.96. The summed E-state index contributed by atoms with van der Waals surface area (Å²) >= 11 is 0. The van der Waals surface area contributed by atoms with Gasteiger partial charge in [0.15, 0.2) is 11.6 Å². The highest BCUT2D eigenvalue weighted by atomic mass is 15.0. The van der Waals surface area contributed by atoms with Gasteiger partial charge in [0.25, 0.3) is 0 Å². The van der Waals surface area contributed by atoms with Crippen molar-refractivity contribution in [2.45, 2.75) is 145 Å². The first-order valence-electron chi connectivity index (χ1n) is 21.0. The molecule has 0 amide bonds. The molecule has 1 heterocycles. The zero-order valence-electron chi connectivity index (χ0n) is 38.2. The van der Waals surface area contributed by atoms with Crippen molar-refractivity contribution >= 4 is 5.57 Å². The number of nitrogens with zero attached hydrogens (tertiary/aromatic N) is 3. The van der Waals surface area contributed by atoms with Crippen molar-refractivity contribution in [3.05, 3.63) is 142 Å². The number of hydrogen-bond acceptors (Lipinski definition) is 4. The van der Waals surface area contributed by atoms with Crippen molar-refractivity contribution in [3.63, 3.8) is 0 Å². The van der Waals surface area contributed by atoms with Crippen molar-refractivity contribution in [2.75, 3.05) is 0 Å². The maximum atomic E-state index is 5.26. The summed E-state index contributed by atoms with van der Waals surface area (Å²) in [5.41, 5.74) is 10.9. The third-order valence-electron chi connectivity index (χ3n) is 11.5. The molecule has 0 saturated carbocycles. The highest BCUT2D eigenvalue weighted by Gasteiger charge is 2.40. The second kappa shape index (κ2) is 16.8. The summed E-state index contributed by atoms with van der Waals surface area (Å²) in [5.74, 6) is 8.56. The Balaban J connectivity index is 1.72. The SMILES string of the molecule is C=CC(=CC(C)(C)c1nc(-c2ccc(C(C)(C)C)cc2)nc(-c2ccc(C(C)(C)C)cc2)n1)C(C)(NC(C)C#CC)C1=C(C(C)(C)C)C=C(c2ccc(C)cc2)CC1. The summed E-state index contributed by atoms with van der Waals surface area (Å²) in [6, 6.07) is 26.2. The smallest absolute Gasteiger partial charge is 0.163 e. The molecule has 0 bridgehead atoms. The lowest BCUT2D eigenvalue weighted by Gasteiger charge is -2.43. The van der Waals surface area contributed by atoms with Gasteiger partial charge in [-0.1, -0.05) is 171 Å². The zero-order valence-corrected chi connectivity index (χ0v) is 38.2. The Bertz CT molecular complexity index is 2190. The summed E-state index contributed by atoms with van der Waals surface area (Å²) in [4.78, 5) is 15.6. The molecule has 4 aromatic rings. The number of nitrogens with one attached hydrogen (secondary N) is 1. The van der Waals surface area contributed by atoms with Crippen LogP contribution < -0.4 is 5.32 Å². The van der Waals surface area contributed by atoms with Gasteiger partial charge in [0.2, 0.25) is 0 Å². The van der Waals surface area contributed by atoms with E-state index in [0.29, 0.717) is 17.5 Å². The van der Waals surface area contributed by atoms with E-state index in [4.69, 9.17) is 15.0 Å². The third-order valence-corrected chi connectivity index (χ3v) is 11.5. The third kappa shape index (κ3) is 10.0. The summed E-state index contributed by atoms with van der Waals surface area (Å²) < 4.78 is 0. The van der Waals surface area contributed by atoms with Gasteiger partial charge in [0.05, 0.1) is 11.6 Å². The van der Waals surface area contributed by atoms with E-state index in [2.05, 4.69) is 206 Å². The van der Waals surface area contributed by atoms with Gasteiger partial charge >= 0.3 is 0 Å². The summed E-state index contributed by atoms with van der Waals surface area (Å²) in [7, 11) is 0. The van der Waals surface area contributed by atoms with Gasteiger partial charge in [-0.05, 0) is 110 Å². The van der Waals surface area contributed by atoms with Crippen LogP contribution in [0.15, 0.2) is 114 Å². The van der Waals surface area contributed by atoms with E-state index < -0.39 is 11.0 Å². The Morgan fingerprint density at radius 1 is 0.672 bits per heavy atom. The molecule has 5 rings (SSSR count). The molecule has 1 N–H and O–H groups in total. The number of allylic oxidation sites excluding steroid dienone is 4. The summed E-state index contributed by atoms with van der Waals surface area (Å²) in [5, 5.41) is 4.01. The number of benzene rings is 3. The minimum atomic E-state index is -0.616. The molecule has 1 aliphatic rings. The molecule has 2 atom stereocenters. The Morgan fingerprint density at radius 2 is 1.16 bits per heavy atom. The standard InChI is InChI=1S/C54H68N4/c1-17-19-37(4)58-54(16,45-33-28-41(34-46(45)52(11,12)13)38-22-20-36(3)21-23-38)42(18-2)35-53(14,15)49-56-47(39-24-29-43(30-25-39)50(5,6)7)55-48(57-49)40-26-31-44(32-27-40)51(8,9)10/h18,20-27,29-32,34-35,37,58H,2,28,33H2,1,3-16H3. The quantitative estimate of drug-likeness (QED) is 0.129. The average molecular weight is 773 g/mol. The monoisotopic (exact) mass is 773 g/mol. The van der Waals surface area contributed by atoms with E-state index in [1.165, 1.54) is 39.0 Å². The van der Waals surface area contributed by atoms with Crippen molar-refractivity contribution < 1.29 is 0 Å². The van der Waals surface area contributed by atoms with E-state index in [0.717, 1.165) is 29.5 Å². The van der Waals surface area contributed by atoms with Gasteiger partial charge < -0.3 is 0 Å². The van der Waals surface area contributed by atoms with E-state index >= 15 is 0 Å². The Morgan fingerprint density at radius 3 is 1.59 bits per heavy atom. The van der Waals surface area contributed by atoms with Crippen LogP contribution in [0, 0.1) is 24.2 Å². The first kappa shape index (κ1) is 44.3. The molecule has 4 heteroatoms. The van der Waals surface area contributed by atoms with E-state index in [1.54, 1.807) is 0 Å². The highest BCUT2D eigenvalue weighted by Crippen LogP contribution is 2.46. The fraction of sp³-hybridized carbons (Fsp3) is 0.426. The minimum Gasteiger partial charge on any atom is -0.291 e. The maximum Gasteiger partial charge on any atom is 0.163 e. The molecule has 2 unspecified atom stereocenters. The topological polar surface area (TPSA) is 50.7 Å². The molecular weight excluding hydrogens is 705 g/mol. The van der Waals surface area contributed by atoms with E-state index in [9.17, 15) is 0 Å². The summed E-state index contributed by atoms with van der Waals surface area (Å²) in [6.07, 6.45) is 8.64. The average Bonchev–Trinajstić information content (AvgIpc) is 3.16. The Labute approximate surface area is 351 Å². The molecule has 1 aromatic heterocycles. The maximum absolute atomic E-state index is 5.26. The van der Waals surface area contributed by atoms with Gasteiger partial charge in [0, 0.05) is 16.5 Å². The molecule has 0 saturated heterocycles. The van der Waals surface area contributed by atoms with Crippen LogP contribution in [0.3, 0.4) is 0 Å². The number of rotatable bonds is 10. The van der Waals surface area contributed by atoms with Crippen LogP contribution in [0.2, 0.25) is 0 Å². The molecule has 1 aliphatic carbocycles. The fourth-order valence-electron chi connectivity index (χ4n) is 7.96. The molecule has 58 heavy (non-hydrogen) atoms. The van der Waals surface area contributed by atoms with Crippen LogP contribution >= 0.6 is 0 Å². The lowest BCUT2D eigenvalue weighted by Crippen LogP contribution is -2.51. The second-order valence-corrected chi connectivity index (χ2v) is 20.0. The van der Waals surface area contributed by atoms with Crippen molar-refractivity contribution in [1.82, 2.24) is 20.3 Å². The molecule has 304 valence electrons. The highest BCUT2D eigenvalue weighted by molar-refractivity contribution is 5.72. The van der Waals surface area contributed by atoms with Crippen LogP contribution in [-0.2, 0) is 16.2 Å². The van der Waals surface area contributed by atoms with Gasteiger partial charge in [0.1, 0.15) is 5.82 Å². The van der Waals surface area contributed by atoms with Crippen LogP contribution in [0.5, 0.6) is 0 Å². The van der Waals surface area contributed by atoms with Crippen LogP contribution in [0.4, 0.5) is 0 Å². The molecular formula is C54H68N4. The van der Waals surface area contributed by atoms with Gasteiger partial charge in [-0.15, -0.1) is 5.92 Å². The molecule has 3 aromatic carbocycles. The molecule has 0 aliphatic heterocycles. The molecule has 4 nitrogen and oxygen atoms in total. The second-order valence-electron chi connectivity index (χ2n) is 20.0. The first-order valence-corrected chi connectivity index (χ1v) is 21.0. The van der Waals surface area contributed by atoms with Gasteiger partial charge in [-0.2, -0.15) is 0 Å². The number of aryl methyl sites for hydroxylation is 1. The zero-order chi connectivity index (χ0) is 42.8. The molecule has 0 spiro atoms. The number of aromatic nitrogens is 3. The predicted octanol–water partition coefficient (Wildman–Crippen LogP) is 13.5. The first-order chi connectivity index (χ1) is 27.0. The molecule has 0 radical (unpaired) electrons. The normalized spacial score (nSPS) is 15.9. The van der Waals surface area contributed by atoms with Gasteiger partial charge in [-0.3, -0.25) is 5.32 Å². The van der Waals surface area contributed by atoms with E-state index in [-0.39, 0.29) is 22.3 Å². The summed E-state index contributed by atoms with van der Waals surface area (Å²) in [6.45, 7) is 37.8. The van der Waals surface area contributed by atoms with Crippen LogP contribution in [-0.4, -0.2) is 26.5 Å². The van der Waals surface area contributed by atoms with Crippen molar-refractivity contribution in [3.8, 4) is 34.6 Å². The number of hydrogen-bond donors (Lipinski definition) is 1. The van der Waals surface area contributed by atoms with Gasteiger partial charge in [-0.25, -0.2) is 15.0 Å². The lowest BCUT2D eigenvalue weighted by atomic mass is 9.68. The van der Waals surface area contributed by atoms with Crippen LogP contribution in [0.1, 0.15) is 138 Å². The van der Waals surface area contributed by atoms with Crippen LogP contribution in [0.25, 0.3) is 28.3 Å². The Hall–Kier alpha value is -4.85. The van der Waals surface area contributed by atoms with E-state index in [1.807, 2.05) is 13.0 Å². The Kier molecular flexibility index (Phi) is 12.8. The predicted molar refractivity (Wildman–Crippen MR) is 249 cm³/mol.